The lowest BCUT2D eigenvalue weighted by Gasteiger charge is -2.10. The molecule has 0 radical (unpaired) electrons. The fraction of sp³-hybridized carbons (Fsp3) is 0.154. The number of halogens is 2. The van der Waals surface area contributed by atoms with Gasteiger partial charge in [0.15, 0.2) is 0 Å². The van der Waals surface area contributed by atoms with Crippen molar-refractivity contribution in [3.8, 4) is 0 Å². The molecular weight excluding hydrogens is 269 g/mol. The third kappa shape index (κ3) is 3.13. The maximum absolute atomic E-state index is 6.04. The molecule has 5 heteroatoms. The van der Waals surface area contributed by atoms with E-state index in [2.05, 4.69) is 10.3 Å². The van der Waals surface area contributed by atoms with Crippen molar-refractivity contribution in [2.45, 2.75) is 13.1 Å². The Morgan fingerprint density at radius 1 is 1.17 bits per heavy atom. The first-order valence-electron chi connectivity index (χ1n) is 5.52. The summed E-state index contributed by atoms with van der Waals surface area (Å²) in [4.78, 5) is 4.14. The quantitative estimate of drug-likeness (QED) is 0.902. The zero-order valence-electron chi connectivity index (χ0n) is 9.66. The highest BCUT2D eigenvalue weighted by Crippen LogP contribution is 2.23. The van der Waals surface area contributed by atoms with Crippen LogP contribution in [0.5, 0.6) is 0 Å². The van der Waals surface area contributed by atoms with Gasteiger partial charge in [-0.05, 0) is 17.2 Å². The van der Waals surface area contributed by atoms with Crippen LogP contribution in [-0.4, -0.2) is 4.98 Å². The molecule has 18 heavy (non-hydrogen) atoms. The van der Waals surface area contributed by atoms with Crippen molar-refractivity contribution in [2.75, 3.05) is 5.32 Å². The highest BCUT2D eigenvalue weighted by Gasteiger charge is 2.04. The molecule has 1 heterocycles. The second kappa shape index (κ2) is 6.05. The Kier molecular flexibility index (Phi) is 4.42. The maximum atomic E-state index is 6.04. The second-order valence-electron chi connectivity index (χ2n) is 3.81. The zero-order valence-corrected chi connectivity index (χ0v) is 11.2. The van der Waals surface area contributed by atoms with Gasteiger partial charge in [0, 0.05) is 19.3 Å². The summed E-state index contributed by atoms with van der Waals surface area (Å²) in [6.07, 6.45) is 1.56. The van der Waals surface area contributed by atoms with E-state index in [1.807, 2.05) is 24.3 Å². The van der Waals surface area contributed by atoms with E-state index in [1.165, 1.54) is 0 Å². The number of rotatable bonds is 4. The highest BCUT2D eigenvalue weighted by atomic mass is 35.5. The smallest absolute Gasteiger partial charge is 0.145 e. The van der Waals surface area contributed by atoms with Gasteiger partial charge in [-0.15, -0.1) is 0 Å². The summed E-state index contributed by atoms with van der Waals surface area (Å²) in [5.74, 6) is 0.618. The van der Waals surface area contributed by atoms with Crippen molar-refractivity contribution in [3.63, 3.8) is 0 Å². The molecule has 2 rings (SSSR count). The van der Waals surface area contributed by atoms with Crippen LogP contribution in [0.25, 0.3) is 0 Å². The Morgan fingerprint density at radius 3 is 2.56 bits per heavy atom. The zero-order chi connectivity index (χ0) is 13.0. The first-order valence-corrected chi connectivity index (χ1v) is 6.28. The molecule has 0 spiro atoms. The topological polar surface area (TPSA) is 50.9 Å². The molecule has 94 valence electrons. The van der Waals surface area contributed by atoms with Crippen molar-refractivity contribution in [1.82, 2.24) is 4.98 Å². The molecule has 0 aliphatic carbocycles. The van der Waals surface area contributed by atoms with Crippen LogP contribution in [0.2, 0.25) is 10.0 Å². The number of nitrogens with two attached hydrogens (primary N) is 1. The summed E-state index contributed by atoms with van der Waals surface area (Å²) in [6.45, 7) is 1.14. The van der Waals surface area contributed by atoms with Crippen molar-refractivity contribution >= 4 is 29.0 Å². The van der Waals surface area contributed by atoms with Crippen LogP contribution in [-0.2, 0) is 13.1 Å². The van der Waals surface area contributed by atoms with Crippen molar-refractivity contribution < 1.29 is 0 Å². The molecule has 3 nitrogen and oxygen atoms in total. The van der Waals surface area contributed by atoms with E-state index in [0.29, 0.717) is 29.0 Å². The number of hydrogen-bond donors (Lipinski definition) is 2. The number of anilines is 1. The van der Waals surface area contributed by atoms with E-state index < -0.39 is 0 Å². The monoisotopic (exact) mass is 281 g/mol. The summed E-state index contributed by atoms with van der Waals surface area (Å²) in [6, 6.07) is 9.65. The fourth-order valence-corrected chi connectivity index (χ4v) is 2.10. The van der Waals surface area contributed by atoms with Crippen LogP contribution in [0.3, 0.4) is 0 Å². The molecule has 0 amide bonds. The highest BCUT2D eigenvalue weighted by molar-refractivity contribution is 6.35. The lowest BCUT2D eigenvalue weighted by molar-refractivity contribution is 1.00. The molecule has 0 unspecified atom stereocenters. The molecule has 0 saturated carbocycles. The van der Waals surface area contributed by atoms with E-state index >= 15 is 0 Å². The first-order chi connectivity index (χ1) is 8.70. The molecule has 0 bridgehead atoms. The van der Waals surface area contributed by atoms with Crippen LogP contribution in [0.15, 0.2) is 36.5 Å². The normalized spacial score (nSPS) is 10.4. The Hall–Kier alpha value is -1.29. The number of pyridine rings is 1. The third-order valence-corrected chi connectivity index (χ3v) is 3.09. The van der Waals surface area contributed by atoms with Crippen LogP contribution in [0.1, 0.15) is 11.1 Å². The molecule has 3 N–H and O–H groups in total. The molecular formula is C13H13Cl2N3. The first kappa shape index (κ1) is 13.1. The van der Waals surface area contributed by atoms with Gasteiger partial charge in [-0.2, -0.15) is 0 Å². The van der Waals surface area contributed by atoms with Crippen LogP contribution in [0.4, 0.5) is 5.82 Å². The van der Waals surface area contributed by atoms with E-state index in [9.17, 15) is 0 Å². The Labute approximate surface area is 116 Å². The van der Waals surface area contributed by atoms with Crippen molar-refractivity contribution in [1.29, 1.82) is 0 Å². The fourth-order valence-electron chi connectivity index (χ4n) is 1.65. The molecule has 2 aromatic rings. The summed E-state index contributed by atoms with van der Waals surface area (Å²) in [5, 5.41) is 4.20. The van der Waals surface area contributed by atoms with Crippen molar-refractivity contribution in [2.24, 2.45) is 5.73 Å². The van der Waals surface area contributed by atoms with Gasteiger partial charge in [-0.3, -0.25) is 0 Å². The Morgan fingerprint density at radius 2 is 1.89 bits per heavy atom. The SMILES string of the molecule is NCc1ccccc1CNc1ncc(Cl)cc1Cl. The minimum atomic E-state index is 0.507. The molecule has 0 aliphatic rings. The third-order valence-electron chi connectivity index (χ3n) is 2.59. The van der Waals surface area contributed by atoms with Gasteiger partial charge in [0.05, 0.1) is 10.0 Å². The molecule has 0 aliphatic heterocycles. The van der Waals surface area contributed by atoms with Crippen LogP contribution in [0, 0.1) is 0 Å². The second-order valence-corrected chi connectivity index (χ2v) is 4.65. The van der Waals surface area contributed by atoms with E-state index in [4.69, 9.17) is 28.9 Å². The number of nitrogens with zero attached hydrogens (tertiary/aromatic N) is 1. The number of hydrogen-bond acceptors (Lipinski definition) is 3. The van der Waals surface area contributed by atoms with E-state index in [1.54, 1.807) is 12.3 Å². The molecule has 0 fully saturated rings. The van der Waals surface area contributed by atoms with Gasteiger partial charge in [0.2, 0.25) is 0 Å². The Balaban J connectivity index is 2.11. The van der Waals surface area contributed by atoms with Gasteiger partial charge in [0.25, 0.3) is 0 Å². The average Bonchev–Trinajstić information content (AvgIpc) is 2.38. The van der Waals surface area contributed by atoms with Gasteiger partial charge < -0.3 is 11.1 Å². The molecule has 0 saturated heterocycles. The van der Waals surface area contributed by atoms with Crippen molar-refractivity contribution in [3.05, 3.63) is 57.7 Å². The summed E-state index contributed by atoms with van der Waals surface area (Å²) < 4.78 is 0. The van der Waals surface area contributed by atoms with Crippen LogP contribution >= 0.6 is 23.2 Å². The number of benzene rings is 1. The van der Waals surface area contributed by atoms with Gasteiger partial charge in [0.1, 0.15) is 5.82 Å². The minimum absolute atomic E-state index is 0.507. The predicted octanol–water partition coefficient (Wildman–Crippen LogP) is 3.46. The maximum Gasteiger partial charge on any atom is 0.145 e. The summed E-state index contributed by atoms with van der Waals surface area (Å²) >= 11 is 11.8. The van der Waals surface area contributed by atoms with Crippen LogP contribution < -0.4 is 11.1 Å². The average molecular weight is 282 g/mol. The Bertz CT molecular complexity index is 544. The van der Waals surface area contributed by atoms with Gasteiger partial charge >= 0.3 is 0 Å². The van der Waals surface area contributed by atoms with Gasteiger partial charge in [-0.25, -0.2) is 4.98 Å². The number of nitrogens with one attached hydrogen (secondary N) is 1. The predicted molar refractivity (Wildman–Crippen MR) is 75.9 cm³/mol. The minimum Gasteiger partial charge on any atom is -0.365 e. The molecule has 0 atom stereocenters. The summed E-state index contributed by atoms with van der Waals surface area (Å²) in [7, 11) is 0. The van der Waals surface area contributed by atoms with E-state index in [-0.39, 0.29) is 0 Å². The van der Waals surface area contributed by atoms with E-state index in [0.717, 1.165) is 11.1 Å². The molecule has 1 aromatic carbocycles. The lowest BCUT2D eigenvalue weighted by atomic mass is 10.1. The lowest BCUT2D eigenvalue weighted by Crippen LogP contribution is -2.07. The standard InChI is InChI=1S/C13H13Cl2N3/c14-11-5-12(15)13(18-8-11)17-7-10-4-2-1-3-9(10)6-16/h1-5,8H,6-7,16H2,(H,17,18). The summed E-state index contributed by atoms with van der Waals surface area (Å²) in [5.41, 5.74) is 7.92. The number of aromatic nitrogens is 1. The molecule has 1 aromatic heterocycles. The largest absolute Gasteiger partial charge is 0.365 e. The van der Waals surface area contributed by atoms with Gasteiger partial charge in [-0.1, -0.05) is 47.5 Å².